The molecule has 5 heterocycles. The zero-order valence-electron chi connectivity index (χ0n) is 19.7. The lowest BCUT2D eigenvalue weighted by Crippen LogP contribution is -2.61. The third-order valence-corrected chi connectivity index (χ3v) is 7.90. The maximum Gasteiger partial charge on any atom is 0.311 e. The molecule has 37 heavy (non-hydrogen) atoms. The maximum atomic E-state index is 12.4. The summed E-state index contributed by atoms with van der Waals surface area (Å²) in [5.41, 5.74) is 3.45. The number of aromatic nitrogens is 2. The number of aliphatic carboxylic acids is 1. The monoisotopic (exact) mass is 512 g/mol. The number of carbonyl (C=O) groups is 1. The van der Waals surface area contributed by atoms with Gasteiger partial charge in [0, 0.05) is 28.8 Å². The minimum Gasteiger partial charge on any atom is -0.481 e. The number of aliphatic hydroxyl groups excluding tert-OH is 4. The van der Waals surface area contributed by atoms with E-state index in [1.54, 1.807) is 16.8 Å². The van der Waals surface area contributed by atoms with Crippen molar-refractivity contribution < 1.29 is 44.5 Å². The van der Waals surface area contributed by atoms with Gasteiger partial charge >= 0.3 is 5.97 Å². The standard InChI is InChI=1S/C26H28N2O9/c1-2-11-14-9-16-19-13(12-5-3-4-6-15(12)27-19)7-8-28(16)23(18(14)24(33)34)36-25(11)37-26-22(32)21(31)20(30)17(10-29)35-26/h2-8,11,14,17-18,20-23,25-26,29-32H,1,9-10H2,(H,33,34)/t11-,14+,17-,18-,20-,21+,22-,23-,25+,26+/m1/s1. The molecule has 2 bridgehead atoms. The maximum absolute atomic E-state index is 12.4. The zero-order valence-corrected chi connectivity index (χ0v) is 19.7. The molecule has 0 unspecified atom stereocenters. The van der Waals surface area contributed by atoms with Crippen molar-refractivity contribution in [1.82, 2.24) is 9.55 Å². The van der Waals surface area contributed by atoms with Crippen molar-refractivity contribution in [1.29, 1.82) is 0 Å². The highest BCUT2D eigenvalue weighted by molar-refractivity contribution is 5.97. The van der Waals surface area contributed by atoms with E-state index in [1.165, 1.54) is 0 Å². The van der Waals surface area contributed by atoms with Gasteiger partial charge in [0.15, 0.2) is 18.8 Å². The van der Waals surface area contributed by atoms with Gasteiger partial charge in [-0.15, -0.1) is 6.58 Å². The summed E-state index contributed by atoms with van der Waals surface area (Å²) in [4.78, 5) is 17.2. The smallest absolute Gasteiger partial charge is 0.311 e. The van der Waals surface area contributed by atoms with Crippen LogP contribution in [0.1, 0.15) is 11.9 Å². The van der Waals surface area contributed by atoms with Crippen LogP contribution in [0.3, 0.4) is 0 Å². The van der Waals surface area contributed by atoms with Gasteiger partial charge in [-0.25, -0.2) is 4.98 Å². The zero-order chi connectivity index (χ0) is 26.0. The molecule has 10 atom stereocenters. The Kier molecular flexibility index (Phi) is 6.03. The molecule has 11 nitrogen and oxygen atoms in total. The van der Waals surface area contributed by atoms with Crippen LogP contribution >= 0.6 is 0 Å². The molecular formula is C26H28N2O9. The fraction of sp³-hybridized carbons (Fsp3) is 0.462. The van der Waals surface area contributed by atoms with Gasteiger partial charge in [-0.2, -0.15) is 0 Å². The molecule has 2 saturated heterocycles. The van der Waals surface area contributed by atoms with Gasteiger partial charge < -0.3 is 44.3 Å². The van der Waals surface area contributed by atoms with Crippen LogP contribution in [0.25, 0.3) is 22.2 Å². The van der Waals surface area contributed by atoms with Crippen LogP contribution in [0.5, 0.6) is 0 Å². The fourth-order valence-corrected chi connectivity index (χ4v) is 6.02. The average molecular weight is 513 g/mol. The van der Waals surface area contributed by atoms with E-state index < -0.39 is 73.6 Å². The lowest BCUT2D eigenvalue weighted by Gasteiger charge is -2.50. The number of para-hydroxylation sites is 1. The number of ether oxygens (including phenoxy) is 3. The van der Waals surface area contributed by atoms with Gasteiger partial charge in [0.05, 0.1) is 17.8 Å². The van der Waals surface area contributed by atoms with E-state index in [2.05, 4.69) is 6.58 Å². The number of hydrogen-bond acceptors (Lipinski definition) is 9. The molecule has 5 N–H and O–H groups in total. The first-order valence-corrected chi connectivity index (χ1v) is 12.2. The molecule has 0 amide bonds. The largest absolute Gasteiger partial charge is 0.481 e. The number of benzene rings is 1. The quantitative estimate of drug-likeness (QED) is 0.304. The molecule has 0 saturated carbocycles. The van der Waals surface area contributed by atoms with E-state index in [0.717, 1.165) is 27.9 Å². The summed E-state index contributed by atoms with van der Waals surface area (Å²) >= 11 is 0. The summed E-state index contributed by atoms with van der Waals surface area (Å²) in [5.74, 6) is -3.02. The third kappa shape index (κ3) is 3.69. The van der Waals surface area contributed by atoms with E-state index >= 15 is 0 Å². The van der Waals surface area contributed by atoms with Crippen molar-refractivity contribution in [2.24, 2.45) is 17.8 Å². The topological polar surface area (TPSA) is 164 Å². The summed E-state index contributed by atoms with van der Waals surface area (Å²) in [6.45, 7) is 3.29. The van der Waals surface area contributed by atoms with E-state index in [-0.39, 0.29) is 0 Å². The average Bonchev–Trinajstić information content (AvgIpc) is 3.28. The molecule has 196 valence electrons. The van der Waals surface area contributed by atoms with Crippen LogP contribution in [0, 0.1) is 17.8 Å². The number of carboxylic acids is 1. The first kappa shape index (κ1) is 24.4. The fourth-order valence-electron chi connectivity index (χ4n) is 6.02. The van der Waals surface area contributed by atoms with Gasteiger partial charge in [0.1, 0.15) is 30.3 Å². The number of pyridine rings is 1. The van der Waals surface area contributed by atoms with Crippen molar-refractivity contribution in [3.63, 3.8) is 0 Å². The Morgan fingerprint density at radius 2 is 1.92 bits per heavy atom. The lowest BCUT2D eigenvalue weighted by molar-refractivity contribution is -0.367. The van der Waals surface area contributed by atoms with Gasteiger partial charge in [0.25, 0.3) is 0 Å². The van der Waals surface area contributed by atoms with Gasteiger partial charge in [-0.1, -0.05) is 24.3 Å². The number of nitrogens with zero attached hydrogens (tertiary/aromatic N) is 2. The predicted molar refractivity (Wildman–Crippen MR) is 127 cm³/mol. The second-order valence-electron chi connectivity index (χ2n) is 9.83. The molecule has 1 aromatic rings. The molecule has 0 radical (unpaired) electrons. The van der Waals surface area contributed by atoms with Crippen molar-refractivity contribution in [3.8, 4) is 11.3 Å². The molecule has 2 fully saturated rings. The van der Waals surface area contributed by atoms with Crippen molar-refractivity contribution in [2.75, 3.05) is 6.61 Å². The third-order valence-electron chi connectivity index (χ3n) is 7.90. The summed E-state index contributed by atoms with van der Waals surface area (Å²) in [6, 6.07) is 9.69. The number of carboxylic acid groups (broad SMARTS) is 1. The molecule has 6 rings (SSSR count). The second-order valence-corrected chi connectivity index (χ2v) is 9.83. The highest BCUT2D eigenvalue weighted by Gasteiger charge is 2.54. The normalized spacial score (nSPS) is 37.4. The molecule has 5 aliphatic heterocycles. The van der Waals surface area contributed by atoms with Crippen molar-refractivity contribution in [3.05, 3.63) is 54.9 Å². The SMILES string of the molecule is C=C[C@H]1[C@H](O[C@@H]2O[C@H](CO)[C@@H](O)[C@H](O)[C@H]2O)O[C@@H]2[C@H](C(=O)O)[C@H]1Cc1c3nc4ccccc4c-3ccn12. The minimum absolute atomic E-state index is 0.364. The van der Waals surface area contributed by atoms with Crippen LogP contribution in [0.4, 0.5) is 0 Å². The summed E-state index contributed by atoms with van der Waals surface area (Å²) in [6.07, 6.45) is -5.65. The van der Waals surface area contributed by atoms with Gasteiger partial charge in [-0.3, -0.25) is 4.79 Å². The number of rotatable bonds is 5. The van der Waals surface area contributed by atoms with E-state index in [1.807, 2.05) is 30.3 Å². The van der Waals surface area contributed by atoms with Crippen LogP contribution in [0.2, 0.25) is 0 Å². The van der Waals surface area contributed by atoms with Crippen molar-refractivity contribution in [2.45, 2.75) is 49.6 Å². The molecule has 0 spiro atoms. The second kappa shape index (κ2) is 9.14. The molecule has 0 aromatic heterocycles. The Balaban J connectivity index is 1.38. The van der Waals surface area contributed by atoms with Crippen molar-refractivity contribution >= 4 is 16.9 Å². The number of fused-ring (bicyclic) bond motifs is 8. The first-order valence-electron chi connectivity index (χ1n) is 12.2. The van der Waals surface area contributed by atoms with Crippen LogP contribution < -0.4 is 0 Å². The predicted octanol–water partition coefficient (Wildman–Crippen LogP) is 0.488. The Morgan fingerprint density at radius 1 is 1.14 bits per heavy atom. The Bertz CT molecular complexity index is 1310. The van der Waals surface area contributed by atoms with Crippen LogP contribution in [0.15, 0.2) is 49.2 Å². The molecule has 1 aromatic carbocycles. The van der Waals surface area contributed by atoms with E-state index in [4.69, 9.17) is 19.2 Å². The highest BCUT2D eigenvalue weighted by Crippen LogP contribution is 2.50. The molecule has 0 aliphatic carbocycles. The van der Waals surface area contributed by atoms with Gasteiger partial charge in [0.2, 0.25) is 0 Å². The van der Waals surface area contributed by atoms with Crippen LogP contribution in [-0.2, 0) is 25.4 Å². The van der Waals surface area contributed by atoms with E-state index in [9.17, 15) is 30.3 Å². The molecule has 11 heteroatoms. The summed E-state index contributed by atoms with van der Waals surface area (Å²) in [7, 11) is 0. The molecular weight excluding hydrogens is 484 g/mol. The van der Waals surface area contributed by atoms with Crippen LogP contribution in [-0.4, -0.2) is 84.7 Å². The lowest BCUT2D eigenvalue weighted by atomic mass is 9.72. The van der Waals surface area contributed by atoms with E-state index in [0.29, 0.717) is 6.42 Å². The van der Waals surface area contributed by atoms with Gasteiger partial charge in [-0.05, 0) is 24.5 Å². The highest BCUT2D eigenvalue weighted by atomic mass is 16.8. The summed E-state index contributed by atoms with van der Waals surface area (Å²) < 4.78 is 19.4. The first-order chi connectivity index (χ1) is 17.8. The Labute approximate surface area is 211 Å². The Hall–Kier alpha value is -2.90. The minimum atomic E-state index is -1.62. The molecule has 5 aliphatic rings. The Morgan fingerprint density at radius 3 is 2.65 bits per heavy atom. The number of aliphatic hydroxyl groups is 4. The number of hydrogen-bond donors (Lipinski definition) is 5. The summed E-state index contributed by atoms with van der Waals surface area (Å²) in [5, 5.41) is 51.4.